The summed E-state index contributed by atoms with van der Waals surface area (Å²) in [7, 11) is 0. The quantitative estimate of drug-likeness (QED) is 0.493. The maximum absolute atomic E-state index is 12.2. The van der Waals surface area contributed by atoms with Crippen LogP contribution in [0, 0.1) is 0 Å². The van der Waals surface area contributed by atoms with Crippen molar-refractivity contribution >= 4 is 35.2 Å². The zero-order chi connectivity index (χ0) is 16.4. The molecule has 0 saturated carbocycles. The molecule has 0 unspecified atom stereocenters. The lowest BCUT2D eigenvalue weighted by molar-refractivity contribution is -0.137. The molecule has 4 nitrogen and oxygen atoms in total. The van der Waals surface area contributed by atoms with E-state index in [9.17, 15) is 9.59 Å². The first-order valence-electron chi connectivity index (χ1n) is 7.47. The van der Waals surface area contributed by atoms with Crippen molar-refractivity contribution in [3.05, 3.63) is 28.8 Å². The van der Waals surface area contributed by atoms with Gasteiger partial charge in [0.15, 0.2) is 0 Å². The van der Waals surface area contributed by atoms with E-state index in [0.717, 1.165) is 29.9 Å². The Morgan fingerprint density at radius 2 is 1.95 bits per heavy atom. The van der Waals surface area contributed by atoms with Crippen LogP contribution in [0.25, 0.3) is 0 Å². The van der Waals surface area contributed by atoms with E-state index in [0.29, 0.717) is 23.6 Å². The molecule has 0 aliphatic heterocycles. The Morgan fingerprint density at radius 1 is 1.23 bits per heavy atom. The molecule has 0 atom stereocenters. The lowest BCUT2D eigenvalue weighted by Crippen LogP contribution is -2.25. The number of amides is 1. The van der Waals surface area contributed by atoms with Crippen LogP contribution >= 0.6 is 23.4 Å². The van der Waals surface area contributed by atoms with Crippen molar-refractivity contribution in [3.8, 4) is 0 Å². The maximum Gasteiger partial charge on any atom is 0.303 e. The average Bonchev–Trinajstić information content (AvgIpc) is 2.47. The van der Waals surface area contributed by atoms with Gasteiger partial charge in [0.05, 0.1) is 5.56 Å². The second-order valence-corrected chi connectivity index (χ2v) is 6.63. The third-order valence-electron chi connectivity index (χ3n) is 3.09. The summed E-state index contributed by atoms with van der Waals surface area (Å²) in [6.45, 7) is 2.63. The zero-order valence-corrected chi connectivity index (χ0v) is 14.3. The number of thioether (sulfide) groups is 1. The molecule has 0 saturated heterocycles. The van der Waals surface area contributed by atoms with Gasteiger partial charge in [-0.2, -0.15) is 0 Å². The molecule has 0 fully saturated rings. The number of nitrogens with one attached hydrogen (secondary N) is 1. The van der Waals surface area contributed by atoms with E-state index in [2.05, 4.69) is 5.32 Å². The highest BCUT2D eigenvalue weighted by Gasteiger charge is 2.11. The SMILES string of the molecule is CCSc1ccc(Cl)cc1C(=O)NCCCCCCC(=O)O. The van der Waals surface area contributed by atoms with Gasteiger partial charge in [-0.15, -0.1) is 11.8 Å². The van der Waals surface area contributed by atoms with Gasteiger partial charge >= 0.3 is 5.97 Å². The number of halogens is 1. The van der Waals surface area contributed by atoms with Crippen molar-refractivity contribution in [2.75, 3.05) is 12.3 Å². The van der Waals surface area contributed by atoms with Crippen LogP contribution in [0.1, 0.15) is 49.4 Å². The first kappa shape index (κ1) is 18.8. The molecule has 122 valence electrons. The Bertz CT molecular complexity index is 508. The minimum absolute atomic E-state index is 0.107. The molecule has 0 heterocycles. The molecule has 0 aliphatic carbocycles. The molecule has 0 bridgehead atoms. The van der Waals surface area contributed by atoms with E-state index >= 15 is 0 Å². The summed E-state index contributed by atoms with van der Waals surface area (Å²) in [5, 5.41) is 12.0. The summed E-state index contributed by atoms with van der Waals surface area (Å²) >= 11 is 7.58. The van der Waals surface area contributed by atoms with E-state index < -0.39 is 5.97 Å². The number of hydrogen-bond donors (Lipinski definition) is 2. The number of unbranched alkanes of at least 4 members (excludes halogenated alkanes) is 3. The van der Waals surface area contributed by atoms with Crippen LogP contribution in [0.4, 0.5) is 0 Å². The summed E-state index contributed by atoms with van der Waals surface area (Å²) in [6.07, 6.45) is 3.54. The van der Waals surface area contributed by atoms with E-state index in [-0.39, 0.29) is 12.3 Å². The largest absolute Gasteiger partial charge is 0.481 e. The van der Waals surface area contributed by atoms with Crippen LogP contribution < -0.4 is 5.32 Å². The first-order valence-corrected chi connectivity index (χ1v) is 8.83. The van der Waals surface area contributed by atoms with Gasteiger partial charge in [0.1, 0.15) is 0 Å². The predicted molar refractivity (Wildman–Crippen MR) is 90.9 cm³/mol. The highest BCUT2D eigenvalue weighted by Crippen LogP contribution is 2.25. The summed E-state index contributed by atoms with van der Waals surface area (Å²) in [4.78, 5) is 23.5. The fourth-order valence-electron chi connectivity index (χ4n) is 2.01. The molecule has 0 spiro atoms. The molecule has 2 N–H and O–H groups in total. The number of benzene rings is 1. The molecule has 6 heteroatoms. The van der Waals surface area contributed by atoms with Gasteiger partial charge < -0.3 is 10.4 Å². The van der Waals surface area contributed by atoms with Crippen molar-refractivity contribution in [3.63, 3.8) is 0 Å². The number of rotatable bonds is 10. The fourth-order valence-corrected chi connectivity index (χ4v) is 2.97. The minimum Gasteiger partial charge on any atom is -0.481 e. The summed E-state index contributed by atoms with van der Waals surface area (Å²) < 4.78 is 0. The van der Waals surface area contributed by atoms with Gasteiger partial charge in [0, 0.05) is 22.9 Å². The van der Waals surface area contributed by atoms with Gasteiger partial charge in [0.2, 0.25) is 0 Å². The number of aliphatic carboxylic acids is 1. The highest BCUT2D eigenvalue weighted by molar-refractivity contribution is 7.99. The third-order valence-corrected chi connectivity index (χ3v) is 4.28. The summed E-state index contributed by atoms with van der Waals surface area (Å²) in [6, 6.07) is 5.36. The van der Waals surface area contributed by atoms with Crippen LogP contribution in [0.2, 0.25) is 5.02 Å². The standard InChI is InChI=1S/C16H22ClNO3S/c1-2-22-14-9-8-12(17)11-13(14)16(21)18-10-6-4-3-5-7-15(19)20/h8-9,11H,2-7,10H2,1H3,(H,18,21)(H,19,20). The minimum atomic E-state index is -0.754. The molecular formula is C16H22ClNO3S. The van der Waals surface area contributed by atoms with Gasteiger partial charge in [-0.25, -0.2) is 0 Å². The van der Waals surface area contributed by atoms with Gasteiger partial charge in [-0.05, 0) is 36.8 Å². The number of carboxylic acid groups (broad SMARTS) is 1. The smallest absolute Gasteiger partial charge is 0.303 e. The van der Waals surface area contributed by atoms with Crippen LogP contribution in [0.15, 0.2) is 23.1 Å². The lowest BCUT2D eigenvalue weighted by Gasteiger charge is -2.10. The number of carbonyl (C=O) groups is 2. The third kappa shape index (κ3) is 7.18. The summed E-state index contributed by atoms with van der Waals surface area (Å²) in [5.74, 6) is 0.0325. The van der Waals surface area contributed by atoms with Gasteiger partial charge in [-0.1, -0.05) is 31.4 Å². The monoisotopic (exact) mass is 343 g/mol. The zero-order valence-electron chi connectivity index (χ0n) is 12.7. The van der Waals surface area contributed by atoms with E-state index in [4.69, 9.17) is 16.7 Å². The normalized spacial score (nSPS) is 10.5. The van der Waals surface area contributed by atoms with Crippen molar-refractivity contribution in [2.24, 2.45) is 0 Å². The van der Waals surface area contributed by atoms with Crippen molar-refractivity contribution in [1.29, 1.82) is 0 Å². The molecular weight excluding hydrogens is 322 g/mol. The summed E-state index contributed by atoms with van der Waals surface area (Å²) in [5.41, 5.74) is 0.616. The molecule has 0 aromatic heterocycles. The Morgan fingerprint density at radius 3 is 2.64 bits per heavy atom. The van der Waals surface area contributed by atoms with Crippen molar-refractivity contribution in [2.45, 2.75) is 43.9 Å². The van der Waals surface area contributed by atoms with E-state index in [1.807, 2.05) is 13.0 Å². The molecule has 1 aromatic carbocycles. The van der Waals surface area contributed by atoms with Gasteiger partial charge in [0.25, 0.3) is 5.91 Å². The molecule has 1 rings (SSSR count). The van der Waals surface area contributed by atoms with Gasteiger partial charge in [-0.3, -0.25) is 9.59 Å². The van der Waals surface area contributed by atoms with Crippen molar-refractivity contribution in [1.82, 2.24) is 5.32 Å². The number of hydrogen-bond acceptors (Lipinski definition) is 3. The Balaban J connectivity index is 2.36. The van der Waals surface area contributed by atoms with Crippen LogP contribution in [0.3, 0.4) is 0 Å². The topological polar surface area (TPSA) is 66.4 Å². The van der Waals surface area contributed by atoms with E-state index in [1.165, 1.54) is 0 Å². The maximum atomic E-state index is 12.2. The highest BCUT2D eigenvalue weighted by atomic mass is 35.5. The lowest BCUT2D eigenvalue weighted by atomic mass is 10.1. The second kappa shape index (κ2) is 10.5. The molecule has 1 aromatic rings. The molecule has 22 heavy (non-hydrogen) atoms. The number of carbonyl (C=O) groups excluding carboxylic acids is 1. The molecule has 0 aliphatic rings. The Labute approximate surface area is 140 Å². The van der Waals surface area contributed by atoms with E-state index in [1.54, 1.807) is 23.9 Å². The number of carboxylic acids is 1. The predicted octanol–water partition coefficient (Wildman–Crippen LogP) is 4.22. The first-order chi connectivity index (χ1) is 10.5. The fraction of sp³-hybridized carbons (Fsp3) is 0.500. The van der Waals surface area contributed by atoms with Crippen molar-refractivity contribution < 1.29 is 14.7 Å². The Kier molecular flexibility index (Phi) is 9.01. The van der Waals surface area contributed by atoms with Crippen LogP contribution in [0.5, 0.6) is 0 Å². The van der Waals surface area contributed by atoms with Crippen LogP contribution in [-0.2, 0) is 4.79 Å². The Hall–Kier alpha value is -1.20. The second-order valence-electron chi connectivity index (χ2n) is 4.89. The molecule has 0 radical (unpaired) electrons. The average molecular weight is 344 g/mol. The molecule has 1 amide bonds. The van der Waals surface area contributed by atoms with Crippen LogP contribution in [-0.4, -0.2) is 29.3 Å².